The summed E-state index contributed by atoms with van der Waals surface area (Å²) in [5.74, 6) is 0. The standard InChI is InChI=1S/C7H10ClN3O/c1-3-11-7(12)6(9-2)5(8)4-10-11/h4,9H,3H2,1-2H3. The maximum Gasteiger partial charge on any atom is 0.291 e. The fourth-order valence-corrected chi connectivity index (χ4v) is 1.14. The lowest BCUT2D eigenvalue weighted by atomic mass is 10.4. The van der Waals surface area contributed by atoms with Crippen molar-refractivity contribution >= 4 is 17.3 Å². The Labute approximate surface area is 75.2 Å². The summed E-state index contributed by atoms with van der Waals surface area (Å²) >= 11 is 5.72. The van der Waals surface area contributed by atoms with Crippen molar-refractivity contribution < 1.29 is 0 Å². The quantitative estimate of drug-likeness (QED) is 0.750. The topological polar surface area (TPSA) is 46.9 Å². The molecule has 4 nitrogen and oxygen atoms in total. The van der Waals surface area contributed by atoms with Crippen molar-refractivity contribution in [2.45, 2.75) is 13.5 Å². The maximum atomic E-state index is 11.4. The van der Waals surface area contributed by atoms with Crippen molar-refractivity contribution in [2.75, 3.05) is 12.4 Å². The van der Waals surface area contributed by atoms with E-state index in [1.165, 1.54) is 10.9 Å². The van der Waals surface area contributed by atoms with E-state index >= 15 is 0 Å². The third-order valence-corrected chi connectivity index (χ3v) is 1.83. The van der Waals surface area contributed by atoms with Gasteiger partial charge < -0.3 is 5.32 Å². The number of nitrogens with zero attached hydrogens (tertiary/aromatic N) is 2. The minimum absolute atomic E-state index is 0.187. The molecule has 0 atom stereocenters. The van der Waals surface area contributed by atoms with Gasteiger partial charge in [-0.1, -0.05) is 11.6 Å². The number of rotatable bonds is 2. The SMILES string of the molecule is CCn1ncc(Cl)c(NC)c1=O. The van der Waals surface area contributed by atoms with Crippen molar-refractivity contribution in [3.63, 3.8) is 0 Å². The molecule has 0 fully saturated rings. The molecule has 1 N–H and O–H groups in total. The molecule has 0 amide bonds. The summed E-state index contributed by atoms with van der Waals surface area (Å²) in [6.07, 6.45) is 1.46. The first kappa shape index (κ1) is 9.06. The molecule has 0 aromatic carbocycles. The van der Waals surface area contributed by atoms with Crippen LogP contribution >= 0.6 is 11.6 Å². The highest BCUT2D eigenvalue weighted by molar-refractivity contribution is 6.32. The van der Waals surface area contributed by atoms with Crippen LogP contribution in [-0.4, -0.2) is 16.8 Å². The zero-order valence-corrected chi connectivity index (χ0v) is 7.72. The van der Waals surface area contributed by atoms with Crippen LogP contribution in [0.1, 0.15) is 6.92 Å². The fraction of sp³-hybridized carbons (Fsp3) is 0.429. The van der Waals surface area contributed by atoms with Gasteiger partial charge in [-0.15, -0.1) is 0 Å². The van der Waals surface area contributed by atoms with E-state index in [0.717, 1.165) is 0 Å². The number of hydrogen-bond donors (Lipinski definition) is 1. The van der Waals surface area contributed by atoms with Crippen molar-refractivity contribution in [3.8, 4) is 0 Å². The molecule has 5 heteroatoms. The van der Waals surface area contributed by atoms with E-state index in [4.69, 9.17) is 11.6 Å². The maximum absolute atomic E-state index is 11.4. The fourth-order valence-electron chi connectivity index (χ4n) is 0.920. The molecule has 0 bridgehead atoms. The van der Waals surface area contributed by atoms with Crippen LogP contribution in [0.15, 0.2) is 11.0 Å². The zero-order valence-electron chi connectivity index (χ0n) is 6.97. The van der Waals surface area contributed by atoms with Gasteiger partial charge in [0.05, 0.1) is 11.2 Å². The molecule has 0 spiro atoms. The molecule has 1 heterocycles. The second kappa shape index (κ2) is 3.58. The summed E-state index contributed by atoms with van der Waals surface area (Å²) in [7, 11) is 1.66. The number of aromatic nitrogens is 2. The lowest BCUT2D eigenvalue weighted by molar-refractivity contribution is 0.617. The van der Waals surface area contributed by atoms with Gasteiger partial charge in [0.25, 0.3) is 5.56 Å². The highest BCUT2D eigenvalue weighted by atomic mass is 35.5. The van der Waals surface area contributed by atoms with E-state index in [1.807, 2.05) is 6.92 Å². The molecule has 0 aliphatic carbocycles. The number of anilines is 1. The second-order valence-corrected chi connectivity index (χ2v) is 2.65. The smallest absolute Gasteiger partial charge is 0.291 e. The number of aryl methyl sites for hydroxylation is 1. The molecule has 1 aromatic heterocycles. The van der Waals surface area contributed by atoms with Gasteiger partial charge >= 0.3 is 0 Å². The van der Waals surface area contributed by atoms with Crippen LogP contribution in [0.5, 0.6) is 0 Å². The van der Waals surface area contributed by atoms with Gasteiger partial charge in [0.15, 0.2) is 0 Å². The van der Waals surface area contributed by atoms with Gasteiger partial charge in [-0.2, -0.15) is 5.10 Å². The van der Waals surface area contributed by atoms with Crippen molar-refractivity contribution in [3.05, 3.63) is 21.6 Å². The zero-order chi connectivity index (χ0) is 9.14. The van der Waals surface area contributed by atoms with Gasteiger partial charge in [-0.25, -0.2) is 4.68 Å². The van der Waals surface area contributed by atoms with Gasteiger partial charge in [0.1, 0.15) is 5.69 Å². The average Bonchev–Trinajstić information content (AvgIpc) is 2.06. The largest absolute Gasteiger partial charge is 0.382 e. The predicted octanol–water partition coefficient (Wildman–Crippen LogP) is 0.958. The first-order valence-electron chi connectivity index (χ1n) is 3.64. The first-order chi connectivity index (χ1) is 5.70. The Morgan fingerprint density at radius 2 is 2.42 bits per heavy atom. The molecular formula is C7H10ClN3O. The van der Waals surface area contributed by atoms with E-state index in [-0.39, 0.29) is 5.56 Å². The first-order valence-corrected chi connectivity index (χ1v) is 4.01. The highest BCUT2D eigenvalue weighted by Crippen LogP contribution is 2.13. The second-order valence-electron chi connectivity index (χ2n) is 2.24. The van der Waals surface area contributed by atoms with Crippen LogP contribution in [0.4, 0.5) is 5.69 Å². The third kappa shape index (κ3) is 1.43. The minimum atomic E-state index is -0.187. The molecule has 0 radical (unpaired) electrons. The number of halogens is 1. The van der Waals surface area contributed by atoms with Crippen LogP contribution in [0.25, 0.3) is 0 Å². The van der Waals surface area contributed by atoms with E-state index in [9.17, 15) is 4.79 Å². The van der Waals surface area contributed by atoms with Crippen molar-refractivity contribution in [2.24, 2.45) is 0 Å². The Hall–Kier alpha value is -1.03. The molecular weight excluding hydrogens is 178 g/mol. The Morgan fingerprint density at radius 1 is 1.75 bits per heavy atom. The Bertz CT molecular complexity index is 334. The molecule has 0 unspecified atom stereocenters. The number of nitrogens with one attached hydrogen (secondary N) is 1. The summed E-state index contributed by atoms with van der Waals surface area (Å²) in [5, 5.41) is 6.92. The normalized spacial score (nSPS) is 9.92. The van der Waals surface area contributed by atoms with Crippen LogP contribution in [0.2, 0.25) is 5.02 Å². The van der Waals surface area contributed by atoms with Crippen LogP contribution < -0.4 is 10.9 Å². The van der Waals surface area contributed by atoms with Crippen LogP contribution in [0.3, 0.4) is 0 Å². The summed E-state index contributed by atoms with van der Waals surface area (Å²) in [4.78, 5) is 11.4. The summed E-state index contributed by atoms with van der Waals surface area (Å²) in [6, 6.07) is 0. The molecule has 1 rings (SSSR count). The monoisotopic (exact) mass is 187 g/mol. The van der Waals surface area contributed by atoms with Crippen molar-refractivity contribution in [1.82, 2.24) is 9.78 Å². The molecule has 0 saturated heterocycles. The van der Waals surface area contributed by atoms with Crippen LogP contribution in [0, 0.1) is 0 Å². The predicted molar refractivity (Wildman–Crippen MR) is 48.7 cm³/mol. The van der Waals surface area contributed by atoms with E-state index in [0.29, 0.717) is 17.3 Å². The van der Waals surface area contributed by atoms with Crippen LogP contribution in [-0.2, 0) is 6.54 Å². The lowest BCUT2D eigenvalue weighted by Crippen LogP contribution is -2.24. The van der Waals surface area contributed by atoms with Gasteiger partial charge in [0.2, 0.25) is 0 Å². The molecule has 0 aliphatic rings. The highest BCUT2D eigenvalue weighted by Gasteiger charge is 2.05. The third-order valence-electron chi connectivity index (χ3n) is 1.55. The summed E-state index contributed by atoms with van der Waals surface area (Å²) in [6.45, 7) is 2.40. The molecule has 12 heavy (non-hydrogen) atoms. The Balaban J connectivity index is 3.34. The summed E-state index contributed by atoms with van der Waals surface area (Å²) in [5.41, 5.74) is 0.209. The average molecular weight is 188 g/mol. The molecule has 0 saturated carbocycles. The molecule has 66 valence electrons. The number of hydrogen-bond acceptors (Lipinski definition) is 3. The van der Waals surface area contributed by atoms with Gasteiger partial charge in [0, 0.05) is 13.6 Å². The van der Waals surface area contributed by atoms with E-state index < -0.39 is 0 Å². The lowest BCUT2D eigenvalue weighted by Gasteiger charge is -2.04. The van der Waals surface area contributed by atoms with E-state index in [1.54, 1.807) is 7.05 Å². The Morgan fingerprint density at radius 3 is 2.92 bits per heavy atom. The van der Waals surface area contributed by atoms with Crippen molar-refractivity contribution in [1.29, 1.82) is 0 Å². The van der Waals surface area contributed by atoms with Gasteiger partial charge in [-0.3, -0.25) is 4.79 Å². The molecule has 1 aromatic rings. The minimum Gasteiger partial charge on any atom is -0.382 e. The summed E-state index contributed by atoms with van der Waals surface area (Å²) < 4.78 is 1.34. The Kier molecular flexibility index (Phi) is 2.70. The molecule has 0 aliphatic heterocycles. The van der Waals surface area contributed by atoms with E-state index in [2.05, 4.69) is 10.4 Å². The van der Waals surface area contributed by atoms with Gasteiger partial charge in [-0.05, 0) is 6.92 Å².